The van der Waals surface area contributed by atoms with Crippen molar-refractivity contribution >= 4 is 5.78 Å². The number of hydrogen-bond donors (Lipinski definition) is 1. The van der Waals surface area contributed by atoms with Gasteiger partial charge in [-0.2, -0.15) is 0 Å². The van der Waals surface area contributed by atoms with E-state index in [9.17, 15) is 19.1 Å². The molecule has 0 amide bonds. The average molecular weight is 434 g/mol. The van der Waals surface area contributed by atoms with Gasteiger partial charge in [-0.05, 0) is 29.2 Å². The first-order valence-electron chi connectivity index (χ1n) is 10.6. The fraction of sp³-hybridized carbons (Fsp3) is 0.280. The third-order valence-electron chi connectivity index (χ3n) is 6.39. The van der Waals surface area contributed by atoms with Gasteiger partial charge in [0.2, 0.25) is 5.43 Å². The first-order chi connectivity index (χ1) is 15.4. The van der Waals surface area contributed by atoms with Crippen LogP contribution in [0.25, 0.3) is 0 Å². The monoisotopic (exact) mass is 434 g/mol. The molecular weight excluding hydrogens is 411 g/mol. The molecule has 6 nitrogen and oxygen atoms in total. The maximum Gasteiger partial charge on any atom is 0.224 e. The molecular formula is C25H23FN2O4. The zero-order valence-electron chi connectivity index (χ0n) is 17.8. The van der Waals surface area contributed by atoms with Crippen molar-refractivity contribution in [1.82, 2.24) is 4.68 Å². The number of benzene rings is 2. The Balaban J connectivity index is 1.79. The van der Waals surface area contributed by atoms with Gasteiger partial charge in [0.1, 0.15) is 18.2 Å². The quantitative estimate of drug-likeness (QED) is 0.665. The van der Waals surface area contributed by atoms with Gasteiger partial charge in [-0.1, -0.05) is 38.1 Å². The standard InChI is InChI=1S/C25H23FN2O4/c1-14(2)19-12-28(27-10-9-20(29)25(31)23(27)24(19)30)22-17-6-4-3-5-15(17)13-32-21-11-16(26)7-8-18(21)22/h3-11,14,19,22,31H,12-13H2,1-2H3. The Labute approximate surface area is 184 Å². The van der Waals surface area contributed by atoms with E-state index in [1.165, 1.54) is 24.4 Å². The Hall–Kier alpha value is -3.61. The fourth-order valence-corrected chi connectivity index (χ4v) is 4.69. The molecule has 0 fully saturated rings. The number of carbonyl (C=O) groups is 1. The van der Waals surface area contributed by atoms with Crippen molar-refractivity contribution < 1.29 is 19.0 Å². The minimum absolute atomic E-state index is 0.0154. The maximum atomic E-state index is 14.1. The molecule has 1 aromatic heterocycles. The number of carbonyl (C=O) groups excluding carboxylic acids is 1. The first-order valence-corrected chi connectivity index (χ1v) is 10.6. The molecule has 164 valence electrons. The lowest BCUT2D eigenvalue weighted by Crippen LogP contribution is -2.51. The van der Waals surface area contributed by atoms with E-state index in [0.717, 1.165) is 16.7 Å². The van der Waals surface area contributed by atoms with Gasteiger partial charge in [-0.15, -0.1) is 0 Å². The minimum Gasteiger partial charge on any atom is -0.503 e. The summed E-state index contributed by atoms with van der Waals surface area (Å²) in [5.74, 6) is -1.23. The Morgan fingerprint density at radius 2 is 1.88 bits per heavy atom. The Bertz CT molecular complexity index is 1280. The lowest BCUT2D eigenvalue weighted by atomic mass is 9.86. The second-order valence-electron chi connectivity index (χ2n) is 8.63. The van der Waals surface area contributed by atoms with Crippen LogP contribution in [0.4, 0.5) is 4.39 Å². The molecule has 3 aromatic rings. The smallest absolute Gasteiger partial charge is 0.224 e. The van der Waals surface area contributed by atoms with E-state index >= 15 is 0 Å². The molecule has 2 aliphatic heterocycles. The van der Waals surface area contributed by atoms with Gasteiger partial charge in [-0.25, -0.2) is 4.39 Å². The molecule has 5 rings (SSSR count). The molecule has 32 heavy (non-hydrogen) atoms. The zero-order chi connectivity index (χ0) is 22.6. The van der Waals surface area contributed by atoms with Crippen LogP contribution < -0.4 is 15.2 Å². The Morgan fingerprint density at radius 3 is 2.66 bits per heavy atom. The fourth-order valence-electron chi connectivity index (χ4n) is 4.69. The van der Waals surface area contributed by atoms with Gasteiger partial charge >= 0.3 is 0 Å². The molecule has 0 spiro atoms. The van der Waals surface area contributed by atoms with Gasteiger partial charge in [-0.3, -0.25) is 19.3 Å². The number of rotatable bonds is 2. The van der Waals surface area contributed by atoms with Crippen molar-refractivity contribution in [2.24, 2.45) is 11.8 Å². The zero-order valence-corrected chi connectivity index (χ0v) is 17.8. The number of ether oxygens (including phenoxy) is 1. The summed E-state index contributed by atoms with van der Waals surface area (Å²) in [6.45, 7) is 4.54. The van der Waals surface area contributed by atoms with Gasteiger partial charge in [0, 0.05) is 36.4 Å². The SMILES string of the molecule is CC(C)C1CN(C2c3ccccc3COc3cc(F)ccc32)n2ccc(=O)c(O)c2C1=O. The summed E-state index contributed by atoms with van der Waals surface area (Å²) in [6, 6.07) is 13.1. The molecule has 7 heteroatoms. The van der Waals surface area contributed by atoms with Gasteiger partial charge in [0.05, 0.1) is 6.04 Å². The maximum absolute atomic E-state index is 14.1. The molecule has 2 atom stereocenters. The highest BCUT2D eigenvalue weighted by Gasteiger charge is 2.41. The van der Waals surface area contributed by atoms with Gasteiger partial charge in [0.15, 0.2) is 17.2 Å². The topological polar surface area (TPSA) is 71.8 Å². The number of aromatic nitrogens is 1. The molecule has 2 unspecified atom stereocenters. The number of fused-ring (bicyclic) bond motifs is 3. The summed E-state index contributed by atoms with van der Waals surface area (Å²) in [5.41, 5.74) is 2.03. The third kappa shape index (κ3) is 3.07. The highest BCUT2D eigenvalue weighted by molar-refractivity contribution is 6.00. The molecule has 2 aromatic carbocycles. The van der Waals surface area contributed by atoms with Crippen LogP contribution in [0, 0.1) is 17.7 Å². The predicted molar refractivity (Wildman–Crippen MR) is 117 cm³/mol. The van der Waals surface area contributed by atoms with E-state index in [-0.39, 0.29) is 24.0 Å². The largest absolute Gasteiger partial charge is 0.503 e. The summed E-state index contributed by atoms with van der Waals surface area (Å²) >= 11 is 0. The molecule has 2 aliphatic rings. The van der Waals surface area contributed by atoms with Crippen molar-refractivity contribution in [3.05, 3.63) is 93.2 Å². The number of ketones is 1. The number of nitrogens with zero attached hydrogens (tertiary/aromatic N) is 2. The normalized spacial score (nSPS) is 19.6. The molecule has 3 heterocycles. The van der Waals surface area contributed by atoms with Crippen LogP contribution in [0.1, 0.15) is 47.1 Å². The van der Waals surface area contributed by atoms with Crippen LogP contribution >= 0.6 is 0 Å². The average Bonchev–Trinajstić information content (AvgIpc) is 2.93. The van der Waals surface area contributed by atoms with Crippen molar-refractivity contribution in [2.75, 3.05) is 11.6 Å². The second-order valence-corrected chi connectivity index (χ2v) is 8.63. The molecule has 1 N–H and O–H groups in total. The number of aromatic hydroxyl groups is 1. The summed E-state index contributed by atoms with van der Waals surface area (Å²) < 4.78 is 21.6. The summed E-state index contributed by atoms with van der Waals surface area (Å²) in [5, 5.41) is 12.5. The highest BCUT2D eigenvalue weighted by atomic mass is 19.1. The summed E-state index contributed by atoms with van der Waals surface area (Å²) in [4.78, 5) is 25.4. The third-order valence-corrected chi connectivity index (χ3v) is 6.39. The second kappa shape index (κ2) is 7.51. The molecule has 0 radical (unpaired) electrons. The number of pyridine rings is 1. The van der Waals surface area contributed by atoms with Crippen LogP contribution in [0.3, 0.4) is 0 Å². The molecule has 0 aliphatic carbocycles. The number of Topliss-reactive ketones (excluding diaryl/α,β-unsaturated/α-hetero) is 1. The Kier molecular flexibility index (Phi) is 4.77. The number of hydrogen-bond acceptors (Lipinski definition) is 5. The lowest BCUT2D eigenvalue weighted by molar-refractivity contribution is 0.0840. The van der Waals surface area contributed by atoms with Gasteiger partial charge in [0.25, 0.3) is 0 Å². The van der Waals surface area contributed by atoms with E-state index < -0.39 is 29.0 Å². The van der Waals surface area contributed by atoms with Crippen molar-refractivity contribution in [3.8, 4) is 11.5 Å². The van der Waals surface area contributed by atoms with Crippen molar-refractivity contribution in [2.45, 2.75) is 26.5 Å². The highest BCUT2D eigenvalue weighted by Crippen LogP contribution is 2.42. The number of halogens is 1. The summed E-state index contributed by atoms with van der Waals surface area (Å²) in [7, 11) is 0. The predicted octanol–water partition coefficient (Wildman–Crippen LogP) is 3.78. The first kappa shape index (κ1) is 20.3. The van der Waals surface area contributed by atoms with E-state index in [1.54, 1.807) is 10.7 Å². The van der Waals surface area contributed by atoms with Gasteiger partial charge < -0.3 is 9.84 Å². The Morgan fingerprint density at radius 1 is 1.09 bits per heavy atom. The van der Waals surface area contributed by atoms with Crippen LogP contribution in [-0.2, 0) is 6.61 Å². The van der Waals surface area contributed by atoms with Crippen LogP contribution in [0.2, 0.25) is 0 Å². The van der Waals surface area contributed by atoms with E-state index in [0.29, 0.717) is 12.3 Å². The van der Waals surface area contributed by atoms with Crippen LogP contribution in [0.5, 0.6) is 11.5 Å². The van der Waals surface area contributed by atoms with E-state index in [2.05, 4.69) is 0 Å². The van der Waals surface area contributed by atoms with E-state index in [4.69, 9.17) is 4.74 Å². The van der Waals surface area contributed by atoms with Crippen molar-refractivity contribution in [3.63, 3.8) is 0 Å². The van der Waals surface area contributed by atoms with Crippen LogP contribution in [0.15, 0.2) is 59.5 Å². The molecule has 0 bridgehead atoms. The van der Waals surface area contributed by atoms with Crippen molar-refractivity contribution in [1.29, 1.82) is 0 Å². The molecule has 0 saturated heterocycles. The summed E-state index contributed by atoms with van der Waals surface area (Å²) in [6.07, 6.45) is 1.52. The minimum atomic E-state index is -0.596. The molecule has 0 saturated carbocycles. The lowest BCUT2D eigenvalue weighted by Gasteiger charge is -2.43. The van der Waals surface area contributed by atoms with E-state index in [1.807, 2.05) is 43.1 Å². The van der Waals surface area contributed by atoms with Crippen LogP contribution in [-0.4, -0.2) is 22.1 Å².